The van der Waals surface area contributed by atoms with E-state index in [4.69, 9.17) is 10.5 Å². The fraction of sp³-hybridized carbons (Fsp3) is 0.692. The van der Waals surface area contributed by atoms with Crippen LogP contribution in [0.3, 0.4) is 0 Å². The van der Waals surface area contributed by atoms with Crippen molar-refractivity contribution in [3.05, 3.63) is 20.8 Å². The molecule has 102 valence electrons. The van der Waals surface area contributed by atoms with Gasteiger partial charge in [0.1, 0.15) is 0 Å². The Morgan fingerprint density at radius 1 is 1.56 bits per heavy atom. The fourth-order valence-corrected chi connectivity index (χ4v) is 4.31. The van der Waals surface area contributed by atoms with Crippen molar-refractivity contribution in [2.75, 3.05) is 33.4 Å². The van der Waals surface area contributed by atoms with Crippen molar-refractivity contribution in [2.45, 2.75) is 18.9 Å². The molecular formula is C13H21BrN2OS. The van der Waals surface area contributed by atoms with Crippen molar-refractivity contribution >= 4 is 27.3 Å². The smallest absolute Gasteiger partial charge is 0.0573 e. The molecule has 1 aromatic rings. The molecule has 1 aliphatic heterocycles. The normalized spacial score (nSPS) is 19.3. The van der Waals surface area contributed by atoms with Crippen molar-refractivity contribution < 1.29 is 4.74 Å². The van der Waals surface area contributed by atoms with Gasteiger partial charge in [0.05, 0.1) is 6.04 Å². The molecule has 0 aromatic carbocycles. The summed E-state index contributed by atoms with van der Waals surface area (Å²) in [7, 11) is 2.18. The lowest BCUT2D eigenvalue weighted by Gasteiger charge is -2.32. The molecule has 2 rings (SSSR count). The van der Waals surface area contributed by atoms with Gasteiger partial charge >= 0.3 is 0 Å². The molecular weight excluding hydrogens is 312 g/mol. The number of nitrogens with two attached hydrogens (primary N) is 1. The third kappa shape index (κ3) is 3.54. The molecule has 0 saturated carbocycles. The second-order valence-corrected chi connectivity index (χ2v) is 6.68. The predicted molar refractivity (Wildman–Crippen MR) is 80.0 cm³/mol. The maximum absolute atomic E-state index is 5.96. The van der Waals surface area contributed by atoms with Crippen LogP contribution in [0.15, 0.2) is 15.9 Å². The van der Waals surface area contributed by atoms with Gasteiger partial charge in [0.2, 0.25) is 0 Å². The van der Waals surface area contributed by atoms with Crippen LogP contribution >= 0.6 is 27.3 Å². The Morgan fingerprint density at radius 3 is 2.83 bits per heavy atom. The first kappa shape index (κ1) is 14.5. The maximum Gasteiger partial charge on any atom is 0.0573 e. The molecule has 1 aliphatic rings. The molecule has 2 heterocycles. The van der Waals surface area contributed by atoms with E-state index in [1.807, 2.05) is 0 Å². The van der Waals surface area contributed by atoms with E-state index in [0.717, 1.165) is 25.7 Å². The number of rotatable bonds is 5. The van der Waals surface area contributed by atoms with Crippen LogP contribution in [-0.2, 0) is 4.74 Å². The van der Waals surface area contributed by atoms with E-state index in [9.17, 15) is 0 Å². The molecule has 0 radical (unpaired) electrons. The van der Waals surface area contributed by atoms with Crippen LogP contribution in [0.2, 0.25) is 0 Å². The molecule has 18 heavy (non-hydrogen) atoms. The maximum atomic E-state index is 5.96. The summed E-state index contributed by atoms with van der Waals surface area (Å²) in [5.74, 6) is 0.747. The van der Waals surface area contributed by atoms with Gasteiger partial charge in [-0.05, 0) is 53.2 Å². The standard InChI is InChI=1S/C13H21BrN2OS/c1-16(9-10-2-5-17-6-3-10)12(8-15)13-11(14)4-7-18-13/h4,7,10,12H,2-3,5-6,8-9,15H2,1H3. The molecule has 0 aliphatic carbocycles. The van der Waals surface area contributed by atoms with E-state index in [-0.39, 0.29) is 0 Å². The van der Waals surface area contributed by atoms with Crippen LogP contribution in [0.1, 0.15) is 23.8 Å². The largest absolute Gasteiger partial charge is 0.381 e. The summed E-state index contributed by atoms with van der Waals surface area (Å²) in [5.41, 5.74) is 5.96. The first-order valence-electron chi connectivity index (χ1n) is 6.43. The van der Waals surface area contributed by atoms with Gasteiger partial charge in [-0.2, -0.15) is 0 Å². The summed E-state index contributed by atoms with van der Waals surface area (Å²) >= 11 is 5.39. The summed E-state index contributed by atoms with van der Waals surface area (Å²) in [4.78, 5) is 3.74. The highest BCUT2D eigenvalue weighted by atomic mass is 79.9. The van der Waals surface area contributed by atoms with E-state index >= 15 is 0 Å². The van der Waals surface area contributed by atoms with E-state index in [1.165, 1.54) is 22.2 Å². The molecule has 1 atom stereocenters. The Hall–Kier alpha value is 0.0600. The minimum absolute atomic E-state index is 0.321. The second-order valence-electron chi connectivity index (χ2n) is 4.88. The zero-order valence-corrected chi connectivity index (χ0v) is 13.2. The number of thiophene rings is 1. The molecule has 0 spiro atoms. The lowest BCUT2D eigenvalue weighted by Crippen LogP contribution is -2.35. The number of halogens is 1. The molecule has 2 N–H and O–H groups in total. The summed E-state index contributed by atoms with van der Waals surface area (Å²) in [6.45, 7) is 3.59. The van der Waals surface area contributed by atoms with E-state index < -0.39 is 0 Å². The minimum atomic E-state index is 0.321. The number of hydrogen-bond donors (Lipinski definition) is 1. The van der Waals surface area contributed by atoms with Crippen LogP contribution in [-0.4, -0.2) is 38.3 Å². The number of likely N-dealkylation sites (N-methyl/N-ethyl adjacent to an activating group) is 1. The van der Waals surface area contributed by atoms with Crippen molar-refractivity contribution in [1.82, 2.24) is 4.90 Å². The van der Waals surface area contributed by atoms with Crippen molar-refractivity contribution in [2.24, 2.45) is 11.7 Å². The quantitative estimate of drug-likeness (QED) is 0.900. The Bertz CT molecular complexity index is 366. The molecule has 3 nitrogen and oxygen atoms in total. The van der Waals surface area contributed by atoms with Gasteiger partial charge in [0.15, 0.2) is 0 Å². The lowest BCUT2D eigenvalue weighted by atomic mass is 9.99. The average molecular weight is 333 g/mol. The highest BCUT2D eigenvalue weighted by molar-refractivity contribution is 9.10. The molecule has 0 bridgehead atoms. The highest BCUT2D eigenvalue weighted by Gasteiger charge is 2.23. The molecule has 0 amide bonds. The zero-order valence-electron chi connectivity index (χ0n) is 10.8. The van der Waals surface area contributed by atoms with Crippen LogP contribution < -0.4 is 5.73 Å². The first-order valence-corrected chi connectivity index (χ1v) is 8.10. The van der Waals surface area contributed by atoms with Crippen LogP contribution in [0.4, 0.5) is 0 Å². The molecule has 1 unspecified atom stereocenters. The molecule has 1 fully saturated rings. The molecule has 1 aromatic heterocycles. The lowest BCUT2D eigenvalue weighted by molar-refractivity contribution is 0.0509. The van der Waals surface area contributed by atoms with Crippen molar-refractivity contribution in [3.63, 3.8) is 0 Å². The zero-order chi connectivity index (χ0) is 13.0. The summed E-state index contributed by atoms with van der Waals surface area (Å²) in [6.07, 6.45) is 2.35. The van der Waals surface area contributed by atoms with Crippen LogP contribution in [0, 0.1) is 5.92 Å². The second kappa shape index (κ2) is 7.01. The Labute approximate surface area is 121 Å². The van der Waals surface area contributed by atoms with E-state index in [1.54, 1.807) is 11.3 Å². The van der Waals surface area contributed by atoms with Crippen LogP contribution in [0.5, 0.6) is 0 Å². The third-order valence-electron chi connectivity index (χ3n) is 3.59. The van der Waals surface area contributed by atoms with Gasteiger partial charge in [0.25, 0.3) is 0 Å². The van der Waals surface area contributed by atoms with Gasteiger partial charge in [-0.15, -0.1) is 11.3 Å². The van der Waals surface area contributed by atoms with Gasteiger partial charge in [0, 0.05) is 35.7 Å². The SMILES string of the molecule is CN(CC1CCOCC1)C(CN)c1sccc1Br. The number of nitrogens with zero attached hydrogens (tertiary/aromatic N) is 1. The molecule has 5 heteroatoms. The summed E-state index contributed by atoms with van der Waals surface area (Å²) < 4.78 is 6.59. The van der Waals surface area contributed by atoms with Gasteiger partial charge in [-0.3, -0.25) is 4.90 Å². The van der Waals surface area contributed by atoms with E-state index in [0.29, 0.717) is 12.6 Å². The predicted octanol–water partition coefficient (Wildman–Crippen LogP) is 2.87. The topological polar surface area (TPSA) is 38.5 Å². The summed E-state index contributed by atoms with van der Waals surface area (Å²) in [6, 6.07) is 2.42. The van der Waals surface area contributed by atoms with Gasteiger partial charge in [-0.1, -0.05) is 0 Å². The van der Waals surface area contributed by atoms with E-state index in [2.05, 4.69) is 39.3 Å². The first-order chi connectivity index (χ1) is 8.72. The van der Waals surface area contributed by atoms with Crippen molar-refractivity contribution in [3.8, 4) is 0 Å². The summed E-state index contributed by atoms with van der Waals surface area (Å²) in [5, 5.41) is 2.12. The monoisotopic (exact) mass is 332 g/mol. The third-order valence-corrected chi connectivity index (χ3v) is 5.56. The Kier molecular flexibility index (Phi) is 5.63. The molecule has 1 saturated heterocycles. The van der Waals surface area contributed by atoms with Crippen LogP contribution in [0.25, 0.3) is 0 Å². The van der Waals surface area contributed by atoms with Gasteiger partial charge in [-0.25, -0.2) is 0 Å². The Balaban J connectivity index is 1.97. The van der Waals surface area contributed by atoms with Gasteiger partial charge < -0.3 is 10.5 Å². The average Bonchev–Trinajstić information content (AvgIpc) is 2.78. The number of hydrogen-bond acceptors (Lipinski definition) is 4. The number of ether oxygens (including phenoxy) is 1. The minimum Gasteiger partial charge on any atom is -0.381 e. The fourth-order valence-electron chi connectivity index (χ4n) is 2.49. The Morgan fingerprint density at radius 2 is 2.28 bits per heavy atom. The highest BCUT2D eigenvalue weighted by Crippen LogP contribution is 2.32. The van der Waals surface area contributed by atoms with Crippen molar-refractivity contribution in [1.29, 1.82) is 0 Å².